The topological polar surface area (TPSA) is 71.0 Å². The highest BCUT2D eigenvalue weighted by molar-refractivity contribution is 8.19. The predicted molar refractivity (Wildman–Crippen MR) is 124 cm³/mol. The standard InChI is InChI=1S/C24H17N3O3S/c1-30-17-12-13-19-18(14-17)20(22(28)26-19)21-23(29)27(16-10-6-3-7-11-16)24(31-21)25-15-8-4-2-5-9-15/h2-14H,1H3,(H,26,28)/b21-20-,25-24-. The third kappa shape index (κ3) is 3.39. The first-order chi connectivity index (χ1) is 15.2. The molecule has 6 nitrogen and oxygen atoms in total. The van der Waals surface area contributed by atoms with E-state index in [2.05, 4.69) is 5.32 Å². The molecule has 0 unspecified atom stereocenters. The van der Waals surface area contributed by atoms with Gasteiger partial charge in [-0.15, -0.1) is 0 Å². The zero-order valence-electron chi connectivity index (χ0n) is 16.5. The van der Waals surface area contributed by atoms with Gasteiger partial charge in [-0.05, 0) is 54.2 Å². The molecule has 0 aromatic heterocycles. The molecule has 1 N–H and O–H groups in total. The molecule has 0 radical (unpaired) electrons. The second-order valence-electron chi connectivity index (χ2n) is 6.88. The Bertz CT molecular complexity index is 1250. The van der Waals surface area contributed by atoms with Crippen LogP contribution in [0.5, 0.6) is 5.75 Å². The van der Waals surface area contributed by atoms with E-state index in [1.165, 1.54) is 11.8 Å². The molecule has 2 heterocycles. The summed E-state index contributed by atoms with van der Waals surface area (Å²) in [6.45, 7) is 0. The number of para-hydroxylation sites is 2. The van der Waals surface area contributed by atoms with Crippen molar-refractivity contribution < 1.29 is 14.3 Å². The minimum Gasteiger partial charge on any atom is -0.497 e. The van der Waals surface area contributed by atoms with Crippen LogP contribution in [0.1, 0.15) is 5.56 Å². The molecule has 2 aliphatic heterocycles. The Labute approximate surface area is 183 Å². The van der Waals surface area contributed by atoms with E-state index in [-0.39, 0.29) is 11.8 Å². The monoisotopic (exact) mass is 427 g/mol. The maximum absolute atomic E-state index is 13.6. The number of hydrogen-bond acceptors (Lipinski definition) is 5. The van der Waals surface area contributed by atoms with Crippen LogP contribution in [0.15, 0.2) is 88.8 Å². The Morgan fingerprint density at radius 3 is 2.35 bits per heavy atom. The zero-order valence-corrected chi connectivity index (χ0v) is 17.3. The fourth-order valence-corrected chi connectivity index (χ4v) is 4.61. The number of nitrogens with zero attached hydrogens (tertiary/aromatic N) is 2. The molecule has 3 aromatic rings. The van der Waals surface area contributed by atoms with Crippen LogP contribution >= 0.6 is 11.8 Å². The molecular weight excluding hydrogens is 410 g/mol. The number of aliphatic imine (C=N–C) groups is 1. The van der Waals surface area contributed by atoms with Crippen molar-refractivity contribution in [3.05, 3.63) is 89.3 Å². The number of amides is 2. The van der Waals surface area contributed by atoms with Gasteiger partial charge in [-0.2, -0.15) is 0 Å². The van der Waals surface area contributed by atoms with Gasteiger partial charge in [-0.3, -0.25) is 14.5 Å². The van der Waals surface area contributed by atoms with Crippen LogP contribution in [0.3, 0.4) is 0 Å². The quantitative estimate of drug-likeness (QED) is 0.608. The Balaban J connectivity index is 1.68. The Kier molecular flexibility index (Phi) is 4.80. The largest absolute Gasteiger partial charge is 0.497 e. The van der Waals surface area contributed by atoms with E-state index >= 15 is 0 Å². The van der Waals surface area contributed by atoms with Crippen LogP contribution in [0.4, 0.5) is 17.1 Å². The maximum Gasteiger partial charge on any atom is 0.272 e. The van der Waals surface area contributed by atoms with Gasteiger partial charge >= 0.3 is 0 Å². The average molecular weight is 427 g/mol. The number of fused-ring (bicyclic) bond motifs is 1. The van der Waals surface area contributed by atoms with Crippen molar-refractivity contribution in [2.45, 2.75) is 0 Å². The summed E-state index contributed by atoms with van der Waals surface area (Å²) in [6, 6.07) is 24.0. The van der Waals surface area contributed by atoms with Gasteiger partial charge in [0.05, 0.1) is 29.0 Å². The fraction of sp³-hybridized carbons (Fsp3) is 0.0417. The Hall–Kier alpha value is -3.84. The molecule has 1 fully saturated rings. The van der Waals surface area contributed by atoms with Crippen LogP contribution in [-0.2, 0) is 9.59 Å². The normalized spacial score (nSPS) is 19.0. The number of nitrogens with one attached hydrogen (secondary N) is 1. The summed E-state index contributed by atoms with van der Waals surface area (Å²) in [7, 11) is 1.57. The molecule has 5 rings (SSSR count). The molecule has 1 saturated heterocycles. The number of benzene rings is 3. The van der Waals surface area contributed by atoms with Crippen molar-refractivity contribution >= 4 is 51.4 Å². The summed E-state index contributed by atoms with van der Waals surface area (Å²) in [5.41, 5.74) is 3.05. The lowest BCUT2D eigenvalue weighted by Crippen LogP contribution is -2.29. The first kappa shape index (κ1) is 19.1. The Morgan fingerprint density at radius 1 is 0.935 bits per heavy atom. The third-order valence-corrected chi connectivity index (χ3v) is 6.02. The lowest BCUT2D eigenvalue weighted by molar-refractivity contribution is -0.114. The summed E-state index contributed by atoms with van der Waals surface area (Å²) < 4.78 is 5.32. The smallest absolute Gasteiger partial charge is 0.272 e. The predicted octanol–water partition coefficient (Wildman–Crippen LogP) is 4.83. The molecule has 152 valence electrons. The second-order valence-corrected chi connectivity index (χ2v) is 7.86. The van der Waals surface area contributed by atoms with Gasteiger partial charge in [0.25, 0.3) is 11.8 Å². The van der Waals surface area contributed by atoms with Gasteiger partial charge in [0.15, 0.2) is 5.17 Å². The third-order valence-electron chi connectivity index (χ3n) is 4.98. The minimum atomic E-state index is -0.312. The van der Waals surface area contributed by atoms with Gasteiger partial charge in [0, 0.05) is 11.3 Å². The number of methoxy groups -OCH3 is 1. The molecular formula is C24H17N3O3S. The lowest BCUT2D eigenvalue weighted by atomic mass is 10.1. The van der Waals surface area contributed by atoms with Crippen molar-refractivity contribution in [3.8, 4) is 5.75 Å². The van der Waals surface area contributed by atoms with Crippen molar-refractivity contribution in [3.63, 3.8) is 0 Å². The number of hydrogen-bond donors (Lipinski definition) is 1. The van der Waals surface area contributed by atoms with E-state index in [4.69, 9.17) is 9.73 Å². The van der Waals surface area contributed by atoms with Crippen LogP contribution < -0.4 is 15.0 Å². The number of carbonyl (C=O) groups excluding carboxylic acids is 2. The van der Waals surface area contributed by atoms with Crippen LogP contribution in [0.2, 0.25) is 0 Å². The van der Waals surface area contributed by atoms with E-state index in [0.29, 0.717) is 38.3 Å². The van der Waals surface area contributed by atoms with E-state index < -0.39 is 0 Å². The number of thioether (sulfide) groups is 1. The van der Waals surface area contributed by atoms with E-state index in [1.807, 2.05) is 60.7 Å². The molecule has 0 spiro atoms. The summed E-state index contributed by atoms with van der Waals surface area (Å²) in [6.07, 6.45) is 0. The highest BCUT2D eigenvalue weighted by Crippen LogP contribution is 2.44. The fourth-order valence-electron chi connectivity index (χ4n) is 3.52. The van der Waals surface area contributed by atoms with Gasteiger partial charge in [-0.25, -0.2) is 4.99 Å². The molecule has 0 atom stereocenters. The average Bonchev–Trinajstić information content (AvgIpc) is 3.29. The number of anilines is 2. The van der Waals surface area contributed by atoms with Gasteiger partial charge in [-0.1, -0.05) is 36.4 Å². The molecule has 7 heteroatoms. The Morgan fingerprint density at radius 2 is 1.65 bits per heavy atom. The molecule has 0 aliphatic carbocycles. The number of carbonyl (C=O) groups is 2. The molecule has 0 saturated carbocycles. The summed E-state index contributed by atoms with van der Waals surface area (Å²) in [5.74, 6) is 0.0154. The molecule has 2 amide bonds. The highest BCUT2D eigenvalue weighted by Gasteiger charge is 2.41. The van der Waals surface area contributed by atoms with Gasteiger partial charge < -0.3 is 10.1 Å². The second kappa shape index (κ2) is 7.77. The molecule has 3 aromatic carbocycles. The van der Waals surface area contributed by atoms with Gasteiger partial charge in [0.2, 0.25) is 0 Å². The first-order valence-electron chi connectivity index (χ1n) is 9.61. The molecule has 2 aliphatic rings. The van der Waals surface area contributed by atoms with E-state index in [9.17, 15) is 9.59 Å². The van der Waals surface area contributed by atoms with Crippen LogP contribution in [0, 0.1) is 0 Å². The lowest BCUT2D eigenvalue weighted by Gasteiger charge is -2.15. The van der Waals surface area contributed by atoms with Gasteiger partial charge in [0.1, 0.15) is 5.75 Å². The first-order valence-corrected chi connectivity index (χ1v) is 10.4. The SMILES string of the molecule is COc1ccc2c(c1)/C(=C1/S/C(=N\c3ccccc3)N(c3ccccc3)C1=O)C(=O)N2. The number of amidine groups is 1. The van der Waals surface area contributed by atoms with Crippen molar-refractivity contribution in [2.75, 3.05) is 17.3 Å². The number of ether oxygens (including phenoxy) is 1. The van der Waals surface area contributed by atoms with E-state index in [0.717, 1.165) is 5.69 Å². The zero-order chi connectivity index (χ0) is 21.4. The van der Waals surface area contributed by atoms with E-state index in [1.54, 1.807) is 30.2 Å². The molecule has 0 bridgehead atoms. The van der Waals surface area contributed by atoms with Crippen LogP contribution in [0.25, 0.3) is 5.57 Å². The van der Waals surface area contributed by atoms with Crippen LogP contribution in [-0.4, -0.2) is 24.1 Å². The summed E-state index contributed by atoms with van der Waals surface area (Å²) in [4.78, 5) is 33.0. The summed E-state index contributed by atoms with van der Waals surface area (Å²) >= 11 is 1.20. The van der Waals surface area contributed by atoms with Crippen molar-refractivity contribution in [1.82, 2.24) is 0 Å². The summed E-state index contributed by atoms with van der Waals surface area (Å²) in [5, 5.41) is 3.33. The maximum atomic E-state index is 13.6. The van der Waals surface area contributed by atoms with Crippen molar-refractivity contribution in [1.29, 1.82) is 0 Å². The minimum absolute atomic E-state index is 0.285. The van der Waals surface area contributed by atoms with Crippen molar-refractivity contribution in [2.24, 2.45) is 4.99 Å². The number of rotatable bonds is 3. The molecule has 31 heavy (non-hydrogen) atoms. The highest BCUT2D eigenvalue weighted by atomic mass is 32.2.